The van der Waals surface area contributed by atoms with Crippen molar-refractivity contribution in [1.82, 2.24) is 0 Å². The van der Waals surface area contributed by atoms with E-state index in [2.05, 4.69) is 13.8 Å². The second-order valence-corrected chi connectivity index (χ2v) is 13.7. The maximum absolute atomic E-state index is 6.24. The average molecular weight is 639 g/mol. The Kier molecular flexibility index (Phi) is 9.15. The van der Waals surface area contributed by atoms with Crippen molar-refractivity contribution >= 4 is 43.4 Å². The van der Waals surface area contributed by atoms with Gasteiger partial charge in [0.25, 0.3) is 0 Å². The van der Waals surface area contributed by atoms with Crippen LogP contribution < -0.4 is 28.4 Å². The Morgan fingerprint density at radius 3 is 1.37 bits per heavy atom. The molecule has 0 saturated carbocycles. The monoisotopic (exact) mass is 638 g/mol. The SMILES string of the molecule is COc1cccc(OC(C)C)c1-c1sc(-c2sc3c(OC)c(-c4c(OC)cccc4OC(C)C)sc3c2OC)c(C)c1C. The van der Waals surface area contributed by atoms with Crippen molar-refractivity contribution < 1.29 is 28.4 Å². The molecule has 0 fully saturated rings. The molecule has 5 rings (SSSR count). The standard InChI is InChI=1S/C34H38O6S3/c1-17(2)39-23-15-11-13-21(35-7)25(23)29-19(5)20(6)30(41-29)32-28(38-10)34-33(43-32)27(37-9)31(42-34)26-22(36-8)14-12-16-24(26)40-18(3)4/h11-18H,1-10H3. The van der Waals surface area contributed by atoms with Crippen molar-refractivity contribution in [3.8, 4) is 65.1 Å². The van der Waals surface area contributed by atoms with Crippen LogP contribution in [0.25, 0.3) is 40.0 Å². The van der Waals surface area contributed by atoms with Crippen LogP contribution in [0, 0.1) is 13.8 Å². The summed E-state index contributed by atoms with van der Waals surface area (Å²) < 4.78 is 38.4. The third-order valence-corrected chi connectivity index (χ3v) is 11.2. The van der Waals surface area contributed by atoms with Gasteiger partial charge >= 0.3 is 0 Å². The number of rotatable bonds is 11. The van der Waals surface area contributed by atoms with E-state index >= 15 is 0 Å². The topological polar surface area (TPSA) is 55.4 Å². The summed E-state index contributed by atoms with van der Waals surface area (Å²) in [6.45, 7) is 12.4. The zero-order valence-electron chi connectivity index (χ0n) is 26.3. The highest BCUT2D eigenvalue weighted by Gasteiger charge is 2.30. The lowest BCUT2D eigenvalue weighted by atomic mass is 10.0. The highest BCUT2D eigenvalue weighted by molar-refractivity contribution is 7.34. The fourth-order valence-electron chi connectivity index (χ4n) is 5.14. The van der Waals surface area contributed by atoms with Crippen molar-refractivity contribution in [3.05, 3.63) is 47.5 Å². The minimum atomic E-state index is 0.00741. The van der Waals surface area contributed by atoms with Crippen LogP contribution in [-0.2, 0) is 0 Å². The lowest BCUT2D eigenvalue weighted by Crippen LogP contribution is -2.07. The first kappa shape index (κ1) is 31.0. The van der Waals surface area contributed by atoms with Gasteiger partial charge in [-0.1, -0.05) is 12.1 Å². The van der Waals surface area contributed by atoms with Gasteiger partial charge in [0.15, 0.2) is 11.5 Å². The number of hydrogen-bond donors (Lipinski definition) is 0. The van der Waals surface area contributed by atoms with Crippen molar-refractivity contribution in [3.63, 3.8) is 0 Å². The molecule has 43 heavy (non-hydrogen) atoms. The fourth-order valence-corrected chi connectivity index (χ4v) is 9.52. The predicted molar refractivity (Wildman–Crippen MR) is 181 cm³/mol. The van der Waals surface area contributed by atoms with Crippen LogP contribution in [0.15, 0.2) is 36.4 Å². The van der Waals surface area contributed by atoms with Crippen LogP contribution in [-0.4, -0.2) is 40.6 Å². The van der Waals surface area contributed by atoms with E-state index in [9.17, 15) is 0 Å². The maximum Gasteiger partial charge on any atom is 0.156 e. The molecule has 3 heterocycles. The van der Waals surface area contributed by atoms with Gasteiger partial charge in [0.05, 0.1) is 75.8 Å². The molecule has 3 aromatic heterocycles. The van der Waals surface area contributed by atoms with E-state index in [-0.39, 0.29) is 12.2 Å². The highest BCUT2D eigenvalue weighted by Crippen LogP contribution is 2.60. The van der Waals surface area contributed by atoms with Gasteiger partial charge in [-0.2, -0.15) is 0 Å². The summed E-state index contributed by atoms with van der Waals surface area (Å²) in [5.74, 6) is 4.71. The molecule has 6 nitrogen and oxygen atoms in total. The van der Waals surface area contributed by atoms with Gasteiger partial charge in [0.1, 0.15) is 23.0 Å². The smallest absolute Gasteiger partial charge is 0.156 e. The summed E-state index contributed by atoms with van der Waals surface area (Å²) in [6.07, 6.45) is 0.0419. The Labute approximate surface area is 265 Å². The number of fused-ring (bicyclic) bond motifs is 1. The third-order valence-electron chi connectivity index (χ3n) is 7.10. The quantitative estimate of drug-likeness (QED) is 0.144. The first-order valence-corrected chi connectivity index (χ1v) is 16.6. The summed E-state index contributed by atoms with van der Waals surface area (Å²) in [7, 11) is 6.83. The molecule has 0 atom stereocenters. The number of thiophene rings is 3. The Bertz CT molecular complexity index is 1760. The molecular formula is C34H38O6S3. The second kappa shape index (κ2) is 12.7. The van der Waals surface area contributed by atoms with E-state index in [1.165, 1.54) is 11.1 Å². The lowest BCUT2D eigenvalue weighted by molar-refractivity contribution is 0.242. The average Bonchev–Trinajstić information content (AvgIpc) is 3.60. The van der Waals surface area contributed by atoms with Gasteiger partial charge in [-0.15, -0.1) is 34.0 Å². The second-order valence-electron chi connectivity index (χ2n) is 10.6. The van der Waals surface area contributed by atoms with Crippen LogP contribution in [0.3, 0.4) is 0 Å². The number of methoxy groups -OCH3 is 4. The maximum atomic E-state index is 6.24. The molecule has 0 N–H and O–H groups in total. The largest absolute Gasteiger partial charge is 0.496 e. The van der Waals surface area contributed by atoms with Crippen LogP contribution in [0.2, 0.25) is 0 Å². The molecule has 0 aliphatic heterocycles. The van der Waals surface area contributed by atoms with E-state index in [4.69, 9.17) is 28.4 Å². The molecule has 0 bridgehead atoms. The Hall–Kier alpha value is -3.40. The van der Waals surface area contributed by atoms with Crippen LogP contribution in [0.5, 0.6) is 34.5 Å². The summed E-state index contributed by atoms with van der Waals surface area (Å²) in [5, 5.41) is 0. The number of ether oxygens (including phenoxy) is 6. The molecule has 0 aliphatic carbocycles. The Morgan fingerprint density at radius 2 is 0.907 bits per heavy atom. The molecule has 0 spiro atoms. The Morgan fingerprint density at radius 1 is 0.488 bits per heavy atom. The molecule has 0 amide bonds. The molecule has 0 aliphatic rings. The lowest BCUT2D eigenvalue weighted by Gasteiger charge is -2.17. The summed E-state index contributed by atoms with van der Waals surface area (Å²) in [6, 6.07) is 11.8. The first-order chi connectivity index (χ1) is 20.6. The Balaban J connectivity index is 1.72. The van der Waals surface area contributed by atoms with Crippen LogP contribution >= 0.6 is 34.0 Å². The van der Waals surface area contributed by atoms with Gasteiger partial charge < -0.3 is 28.4 Å². The molecular weight excluding hydrogens is 601 g/mol. The number of benzene rings is 2. The zero-order valence-corrected chi connectivity index (χ0v) is 28.7. The summed E-state index contributed by atoms with van der Waals surface area (Å²) in [5.41, 5.74) is 4.24. The molecule has 0 saturated heterocycles. The fraction of sp³-hybridized carbons (Fsp3) is 0.353. The van der Waals surface area contributed by atoms with Crippen LogP contribution in [0.1, 0.15) is 38.8 Å². The van der Waals surface area contributed by atoms with Gasteiger partial charge in [-0.05, 0) is 76.9 Å². The summed E-state index contributed by atoms with van der Waals surface area (Å²) in [4.78, 5) is 4.30. The van der Waals surface area contributed by atoms with E-state index in [1.807, 2.05) is 64.1 Å². The minimum Gasteiger partial charge on any atom is -0.496 e. The highest BCUT2D eigenvalue weighted by atomic mass is 32.1. The molecule has 5 aromatic rings. The van der Waals surface area contributed by atoms with Gasteiger partial charge in [0.2, 0.25) is 0 Å². The van der Waals surface area contributed by atoms with Gasteiger partial charge in [-0.3, -0.25) is 0 Å². The van der Waals surface area contributed by atoms with E-state index in [0.29, 0.717) is 0 Å². The van der Waals surface area contributed by atoms with E-state index in [0.717, 1.165) is 74.5 Å². The molecule has 9 heteroatoms. The van der Waals surface area contributed by atoms with Crippen LogP contribution in [0.4, 0.5) is 0 Å². The van der Waals surface area contributed by atoms with Gasteiger partial charge in [-0.25, -0.2) is 0 Å². The van der Waals surface area contributed by atoms with E-state index < -0.39 is 0 Å². The van der Waals surface area contributed by atoms with Gasteiger partial charge in [0, 0.05) is 4.88 Å². The summed E-state index contributed by atoms with van der Waals surface area (Å²) >= 11 is 5.05. The normalized spacial score (nSPS) is 11.4. The number of hydrogen-bond acceptors (Lipinski definition) is 9. The zero-order chi connectivity index (χ0) is 31.0. The van der Waals surface area contributed by atoms with Crippen molar-refractivity contribution in [2.45, 2.75) is 53.8 Å². The predicted octanol–water partition coefficient (Wildman–Crippen LogP) is 10.3. The third kappa shape index (κ3) is 5.54. The van der Waals surface area contributed by atoms with Crippen molar-refractivity contribution in [2.24, 2.45) is 0 Å². The first-order valence-electron chi connectivity index (χ1n) is 14.1. The van der Waals surface area contributed by atoms with Crippen molar-refractivity contribution in [1.29, 1.82) is 0 Å². The molecule has 2 aromatic carbocycles. The molecule has 0 unspecified atom stereocenters. The minimum absolute atomic E-state index is 0.00741. The van der Waals surface area contributed by atoms with Crippen molar-refractivity contribution in [2.75, 3.05) is 28.4 Å². The molecule has 0 radical (unpaired) electrons. The molecule has 228 valence electrons. The van der Waals surface area contributed by atoms with E-state index in [1.54, 1.807) is 62.4 Å².